The third-order valence-corrected chi connectivity index (χ3v) is 5.49. The Bertz CT molecular complexity index is 1170. The van der Waals surface area contributed by atoms with E-state index in [2.05, 4.69) is 0 Å². The van der Waals surface area contributed by atoms with Crippen LogP contribution in [0.25, 0.3) is 11.4 Å². The lowest BCUT2D eigenvalue weighted by Gasteiger charge is -2.31. The van der Waals surface area contributed by atoms with Crippen LogP contribution in [0.1, 0.15) is 21.6 Å². The number of amides is 1. The summed E-state index contributed by atoms with van der Waals surface area (Å²) in [7, 11) is 3.82. The van der Waals surface area contributed by atoms with Crippen molar-refractivity contribution in [3.05, 3.63) is 80.5 Å². The van der Waals surface area contributed by atoms with Crippen molar-refractivity contribution in [1.29, 1.82) is 0 Å². The number of fused-ring (bicyclic) bond motifs is 1. The number of carbonyl (C=O) groups excluding carboxylic acids is 1. The lowest BCUT2D eigenvalue weighted by atomic mass is 10.0. The molecule has 0 unspecified atom stereocenters. The number of benzene rings is 2. The smallest absolute Gasteiger partial charge is 0.270 e. The molecular weight excluding hydrogens is 418 g/mol. The standard InChI is InChI=1S/C22H20ClN5O3/c1-26(2)21-17-13-27(22(29)16-9-8-15(28(30)31)12-18(16)23)11-10-19(17)24-20(25-21)14-6-4-3-5-7-14/h3-9,12H,10-11,13H2,1-2H3. The third kappa shape index (κ3) is 4.06. The average Bonchev–Trinajstić information content (AvgIpc) is 2.77. The molecule has 1 aliphatic rings. The lowest BCUT2D eigenvalue weighted by Crippen LogP contribution is -2.37. The highest BCUT2D eigenvalue weighted by Crippen LogP contribution is 2.31. The highest BCUT2D eigenvalue weighted by molar-refractivity contribution is 6.34. The first-order valence-electron chi connectivity index (χ1n) is 9.71. The molecular formula is C22H20ClN5O3. The first-order chi connectivity index (χ1) is 14.8. The number of hydrogen-bond acceptors (Lipinski definition) is 6. The predicted octanol–water partition coefficient (Wildman–Crippen LogP) is 3.97. The molecule has 3 aromatic rings. The summed E-state index contributed by atoms with van der Waals surface area (Å²) in [6.45, 7) is 0.807. The van der Waals surface area contributed by atoms with Gasteiger partial charge in [-0.3, -0.25) is 14.9 Å². The van der Waals surface area contributed by atoms with Gasteiger partial charge in [-0.05, 0) is 6.07 Å². The Morgan fingerprint density at radius 2 is 1.90 bits per heavy atom. The fourth-order valence-corrected chi connectivity index (χ4v) is 3.87. The second kappa shape index (κ2) is 8.31. The molecule has 0 atom stereocenters. The highest BCUT2D eigenvalue weighted by Gasteiger charge is 2.28. The number of carbonyl (C=O) groups is 1. The van der Waals surface area contributed by atoms with Gasteiger partial charge in [0.25, 0.3) is 11.6 Å². The summed E-state index contributed by atoms with van der Waals surface area (Å²) < 4.78 is 0. The van der Waals surface area contributed by atoms with Crippen molar-refractivity contribution in [2.24, 2.45) is 0 Å². The number of aromatic nitrogens is 2. The zero-order chi connectivity index (χ0) is 22.1. The van der Waals surface area contributed by atoms with Crippen LogP contribution < -0.4 is 4.90 Å². The largest absolute Gasteiger partial charge is 0.362 e. The van der Waals surface area contributed by atoms with E-state index in [1.165, 1.54) is 18.2 Å². The van der Waals surface area contributed by atoms with Gasteiger partial charge in [0.2, 0.25) is 0 Å². The molecule has 1 amide bonds. The Kier molecular flexibility index (Phi) is 5.56. The monoisotopic (exact) mass is 437 g/mol. The molecule has 1 aliphatic heterocycles. The van der Waals surface area contributed by atoms with E-state index < -0.39 is 4.92 Å². The van der Waals surface area contributed by atoms with Crippen molar-refractivity contribution in [2.75, 3.05) is 25.5 Å². The van der Waals surface area contributed by atoms with Crippen LogP contribution in [0.5, 0.6) is 0 Å². The number of non-ortho nitro benzene ring substituents is 1. The van der Waals surface area contributed by atoms with Crippen LogP contribution in [0.4, 0.5) is 11.5 Å². The molecule has 0 radical (unpaired) electrons. The van der Waals surface area contributed by atoms with E-state index in [-0.39, 0.29) is 22.2 Å². The Hall–Kier alpha value is -3.52. The summed E-state index contributed by atoms with van der Waals surface area (Å²) in [5, 5.41) is 11.0. The van der Waals surface area contributed by atoms with Crippen LogP contribution >= 0.6 is 11.6 Å². The molecule has 1 aromatic heterocycles. The van der Waals surface area contributed by atoms with E-state index in [0.29, 0.717) is 25.3 Å². The molecule has 0 saturated carbocycles. The molecule has 0 N–H and O–H groups in total. The lowest BCUT2D eigenvalue weighted by molar-refractivity contribution is -0.384. The van der Waals surface area contributed by atoms with Gasteiger partial charge in [0, 0.05) is 50.3 Å². The van der Waals surface area contributed by atoms with Crippen LogP contribution in [0.2, 0.25) is 5.02 Å². The van der Waals surface area contributed by atoms with E-state index in [9.17, 15) is 14.9 Å². The van der Waals surface area contributed by atoms with Crippen molar-refractivity contribution >= 4 is 29.0 Å². The first-order valence-corrected chi connectivity index (χ1v) is 10.1. The highest BCUT2D eigenvalue weighted by atomic mass is 35.5. The van der Waals surface area contributed by atoms with Gasteiger partial charge in [-0.25, -0.2) is 9.97 Å². The molecule has 158 valence electrons. The van der Waals surface area contributed by atoms with E-state index in [1.54, 1.807) is 4.90 Å². The Labute approximate surface area is 184 Å². The summed E-state index contributed by atoms with van der Waals surface area (Å²) in [5.41, 5.74) is 2.83. The fraction of sp³-hybridized carbons (Fsp3) is 0.227. The number of nitrogens with zero attached hydrogens (tertiary/aromatic N) is 5. The van der Waals surface area contributed by atoms with Gasteiger partial charge in [0.15, 0.2) is 5.82 Å². The van der Waals surface area contributed by atoms with E-state index in [0.717, 1.165) is 22.6 Å². The van der Waals surface area contributed by atoms with Crippen molar-refractivity contribution in [2.45, 2.75) is 13.0 Å². The minimum atomic E-state index is -0.539. The third-order valence-electron chi connectivity index (χ3n) is 5.18. The van der Waals surface area contributed by atoms with Gasteiger partial charge in [0.05, 0.1) is 27.7 Å². The zero-order valence-electron chi connectivity index (χ0n) is 17.1. The molecule has 0 saturated heterocycles. The van der Waals surface area contributed by atoms with Gasteiger partial charge in [-0.1, -0.05) is 41.9 Å². The second-order valence-corrected chi connectivity index (χ2v) is 7.86. The van der Waals surface area contributed by atoms with Crippen LogP contribution in [-0.4, -0.2) is 46.3 Å². The number of anilines is 1. The Morgan fingerprint density at radius 3 is 2.55 bits per heavy atom. The predicted molar refractivity (Wildman–Crippen MR) is 118 cm³/mol. The van der Waals surface area contributed by atoms with E-state index >= 15 is 0 Å². The fourth-order valence-electron chi connectivity index (χ4n) is 3.62. The molecule has 8 nitrogen and oxygen atoms in total. The van der Waals surface area contributed by atoms with Crippen molar-refractivity contribution in [3.8, 4) is 11.4 Å². The average molecular weight is 438 g/mol. The number of halogens is 1. The Morgan fingerprint density at radius 1 is 1.16 bits per heavy atom. The summed E-state index contributed by atoms with van der Waals surface area (Å²) >= 11 is 6.17. The van der Waals surface area contributed by atoms with Crippen LogP contribution in [0, 0.1) is 10.1 Å². The number of hydrogen-bond donors (Lipinski definition) is 0. The summed E-state index contributed by atoms with van der Waals surface area (Å²) in [4.78, 5) is 36.6. The number of rotatable bonds is 4. The summed E-state index contributed by atoms with van der Waals surface area (Å²) in [6.07, 6.45) is 0.578. The van der Waals surface area contributed by atoms with Gasteiger partial charge < -0.3 is 9.80 Å². The molecule has 2 aromatic carbocycles. The van der Waals surface area contributed by atoms with Crippen molar-refractivity contribution < 1.29 is 9.72 Å². The second-order valence-electron chi connectivity index (χ2n) is 7.45. The van der Waals surface area contributed by atoms with Crippen LogP contribution in [-0.2, 0) is 13.0 Å². The van der Waals surface area contributed by atoms with E-state index in [1.807, 2.05) is 49.3 Å². The van der Waals surface area contributed by atoms with Crippen molar-refractivity contribution in [1.82, 2.24) is 14.9 Å². The minimum Gasteiger partial charge on any atom is -0.362 e. The minimum absolute atomic E-state index is 0.0634. The van der Waals surface area contributed by atoms with Crippen LogP contribution in [0.15, 0.2) is 48.5 Å². The first kappa shape index (κ1) is 20.7. The molecule has 4 rings (SSSR count). The Balaban J connectivity index is 1.67. The molecule has 31 heavy (non-hydrogen) atoms. The van der Waals surface area contributed by atoms with Gasteiger partial charge >= 0.3 is 0 Å². The normalized spacial score (nSPS) is 12.9. The summed E-state index contributed by atoms with van der Waals surface area (Å²) in [6, 6.07) is 13.7. The van der Waals surface area contributed by atoms with E-state index in [4.69, 9.17) is 21.6 Å². The maximum Gasteiger partial charge on any atom is 0.270 e. The SMILES string of the molecule is CN(C)c1nc(-c2ccccc2)nc2c1CN(C(=O)c1ccc([N+](=O)[O-])cc1Cl)CC2. The molecule has 9 heteroatoms. The summed E-state index contributed by atoms with van der Waals surface area (Å²) in [5.74, 6) is 1.14. The number of nitro benzene ring substituents is 1. The molecule has 0 spiro atoms. The van der Waals surface area contributed by atoms with Crippen molar-refractivity contribution in [3.63, 3.8) is 0 Å². The zero-order valence-corrected chi connectivity index (χ0v) is 17.8. The van der Waals surface area contributed by atoms with Crippen LogP contribution in [0.3, 0.4) is 0 Å². The maximum absolute atomic E-state index is 13.1. The molecule has 0 fully saturated rings. The molecule has 0 bridgehead atoms. The molecule has 0 aliphatic carbocycles. The molecule has 2 heterocycles. The van der Waals surface area contributed by atoms with Gasteiger partial charge in [-0.15, -0.1) is 0 Å². The maximum atomic E-state index is 13.1. The van der Waals surface area contributed by atoms with Gasteiger partial charge in [0.1, 0.15) is 5.82 Å². The number of nitro groups is 1. The van der Waals surface area contributed by atoms with Gasteiger partial charge in [-0.2, -0.15) is 0 Å². The topological polar surface area (TPSA) is 92.5 Å². The quantitative estimate of drug-likeness (QED) is 0.453.